The normalized spacial score (nSPS) is 42.8. The number of hydrogen-bond donors (Lipinski definition) is 2. The molecule has 2 rings (SSSR count). The smallest absolute Gasteiger partial charge is 0.409 e. The first-order chi connectivity index (χ1) is 4.11. The Kier molecular flexibility index (Phi) is 0.553. The zero-order valence-electron chi connectivity index (χ0n) is 4.03. The third-order valence-corrected chi connectivity index (χ3v) is 1.18. The number of ether oxygens (including phenoxy) is 1. The van der Waals surface area contributed by atoms with E-state index in [1.165, 1.54) is 0 Å². The summed E-state index contributed by atoms with van der Waals surface area (Å²) in [6.45, 7) is 0. The van der Waals surface area contributed by atoms with Gasteiger partial charge in [0.15, 0.2) is 0 Å². The molecule has 0 aromatic carbocycles. The SMILES string of the molecule is O=C(O)C1(O)OC12OO2. The van der Waals surface area contributed by atoms with Crippen LogP contribution in [0.5, 0.6) is 0 Å². The Bertz CT molecular complexity index is 183. The number of carbonyl (C=O) groups is 1. The molecule has 2 aliphatic rings. The fourth-order valence-electron chi connectivity index (χ4n) is 0.528. The zero-order chi connectivity index (χ0) is 6.70. The Labute approximate surface area is 48.5 Å². The van der Waals surface area contributed by atoms with Crippen molar-refractivity contribution in [1.29, 1.82) is 0 Å². The molecule has 0 aromatic rings. The highest BCUT2D eigenvalue weighted by Gasteiger charge is 2.90. The summed E-state index contributed by atoms with van der Waals surface area (Å²) in [5, 5.41) is 16.9. The molecule has 0 aliphatic carbocycles. The van der Waals surface area contributed by atoms with Gasteiger partial charge >= 0.3 is 17.7 Å². The predicted molar refractivity (Wildman–Crippen MR) is 18.6 cm³/mol. The van der Waals surface area contributed by atoms with Crippen LogP contribution in [0.4, 0.5) is 0 Å². The van der Waals surface area contributed by atoms with Crippen molar-refractivity contribution in [2.45, 2.75) is 11.8 Å². The van der Waals surface area contributed by atoms with Gasteiger partial charge in [-0.15, -0.1) is 0 Å². The Morgan fingerprint density at radius 2 is 2.00 bits per heavy atom. The zero-order valence-corrected chi connectivity index (χ0v) is 4.03. The molecule has 9 heavy (non-hydrogen) atoms. The van der Waals surface area contributed by atoms with Gasteiger partial charge in [-0.1, -0.05) is 0 Å². The third-order valence-electron chi connectivity index (χ3n) is 1.18. The maximum absolute atomic E-state index is 10.0. The average Bonchev–Trinajstić information content (AvgIpc) is 2.56. The van der Waals surface area contributed by atoms with E-state index in [0.29, 0.717) is 0 Å². The summed E-state index contributed by atoms with van der Waals surface area (Å²) in [5.41, 5.74) is 0. The van der Waals surface area contributed by atoms with Crippen LogP contribution in [0.3, 0.4) is 0 Å². The van der Waals surface area contributed by atoms with Gasteiger partial charge in [0.05, 0.1) is 0 Å². The van der Waals surface area contributed by atoms with Crippen LogP contribution in [-0.4, -0.2) is 27.9 Å². The molecule has 0 aromatic heterocycles. The van der Waals surface area contributed by atoms with E-state index in [1.807, 2.05) is 0 Å². The van der Waals surface area contributed by atoms with Gasteiger partial charge in [0.2, 0.25) is 0 Å². The monoisotopic (exact) mass is 134 g/mol. The number of carboxylic acid groups (broad SMARTS) is 1. The molecule has 50 valence electrons. The van der Waals surface area contributed by atoms with Crippen molar-refractivity contribution in [3.8, 4) is 0 Å². The lowest BCUT2D eigenvalue weighted by atomic mass is 10.4. The molecule has 0 radical (unpaired) electrons. The van der Waals surface area contributed by atoms with Crippen molar-refractivity contribution < 1.29 is 29.5 Å². The molecule has 2 N–H and O–H groups in total. The lowest BCUT2D eigenvalue weighted by molar-refractivity contribution is -0.157. The van der Waals surface area contributed by atoms with Gasteiger partial charge < -0.3 is 10.2 Å². The van der Waals surface area contributed by atoms with Crippen molar-refractivity contribution in [2.24, 2.45) is 0 Å². The minimum Gasteiger partial charge on any atom is -0.477 e. The van der Waals surface area contributed by atoms with Crippen LogP contribution in [0.2, 0.25) is 0 Å². The summed E-state index contributed by atoms with van der Waals surface area (Å²) in [4.78, 5) is 18.1. The van der Waals surface area contributed by atoms with E-state index >= 15 is 0 Å². The van der Waals surface area contributed by atoms with Crippen LogP contribution in [0, 0.1) is 0 Å². The molecule has 1 spiro atoms. The number of carboxylic acids is 1. The number of aliphatic hydroxyl groups is 1. The number of aliphatic carboxylic acids is 1. The number of epoxide rings is 1. The van der Waals surface area contributed by atoms with E-state index in [4.69, 9.17) is 10.2 Å². The van der Waals surface area contributed by atoms with Crippen LogP contribution < -0.4 is 0 Å². The Hall–Kier alpha value is -0.690. The first-order valence-electron chi connectivity index (χ1n) is 2.13. The van der Waals surface area contributed by atoms with Gasteiger partial charge in [-0.05, 0) is 0 Å². The second-order valence-corrected chi connectivity index (χ2v) is 1.77. The predicted octanol–water partition coefficient (Wildman–Crippen LogP) is -1.59. The Balaban J connectivity index is 2.21. The topological polar surface area (TPSA) is 95.1 Å². The second-order valence-electron chi connectivity index (χ2n) is 1.77. The molecule has 0 amide bonds. The third kappa shape index (κ3) is 0.379. The van der Waals surface area contributed by atoms with Crippen LogP contribution in [0.15, 0.2) is 0 Å². The summed E-state index contributed by atoms with van der Waals surface area (Å²) in [5.74, 6) is -5.45. The molecule has 1 atom stereocenters. The first kappa shape index (κ1) is 5.12. The summed E-state index contributed by atoms with van der Waals surface area (Å²) in [6, 6.07) is 0. The highest BCUT2D eigenvalue weighted by molar-refractivity contribution is 5.79. The van der Waals surface area contributed by atoms with E-state index < -0.39 is 17.7 Å². The van der Waals surface area contributed by atoms with Crippen LogP contribution in [-0.2, 0) is 19.3 Å². The fraction of sp³-hybridized carbons (Fsp3) is 0.667. The summed E-state index contributed by atoms with van der Waals surface area (Å²) < 4.78 is 4.18. The summed E-state index contributed by atoms with van der Waals surface area (Å²) in [6.07, 6.45) is 0. The lowest BCUT2D eigenvalue weighted by Crippen LogP contribution is -2.27. The van der Waals surface area contributed by atoms with Gasteiger partial charge in [0, 0.05) is 0 Å². The number of rotatable bonds is 1. The Morgan fingerprint density at radius 3 is 2.11 bits per heavy atom. The molecular formula is C3H2O6. The fourth-order valence-corrected chi connectivity index (χ4v) is 0.528. The standard InChI is InChI=1S/C3H2O6/c4-1(5)2(6)3(7-2)8-9-3/h6H,(H,4,5). The van der Waals surface area contributed by atoms with Crippen LogP contribution >= 0.6 is 0 Å². The van der Waals surface area contributed by atoms with Crippen molar-refractivity contribution >= 4 is 5.97 Å². The largest absolute Gasteiger partial charge is 0.477 e. The highest BCUT2D eigenvalue weighted by Crippen LogP contribution is 2.57. The van der Waals surface area contributed by atoms with E-state index in [2.05, 4.69) is 14.5 Å². The molecule has 2 aliphatic heterocycles. The van der Waals surface area contributed by atoms with E-state index in [1.54, 1.807) is 0 Å². The molecule has 0 saturated carbocycles. The van der Waals surface area contributed by atoms with Crippen LogP contribution in [0.1, 0.15) is 0 Å². The van der Waals surface area contributed by atoms with E-state index in [9.17, 15) is 4.79 Å². The molecule has 2 saturated heterocycles. The molecule has 0 bridgehead atoms. The summed E-state index contributed by atoms with van der Waals surface area (Å²) >= 11 is 0. The molecule has 6 heteroatoms. The first-order valence-corrected chi connectivity index (χ1v) is 2.13. The lowest BCUT2D eigenvalue weighted by Gasteiger charge is -1.88. The van der Waals surface area contributed by atoms with Crippen molar-refractivity contribution in [1.82, 2.24) is 0 Å². The highest BCUT2D eigenvalue weighted by atomic mass is 17.5. The molecule has 2 fully saturated rings. The molecule has 1 unspecified atom stereocenters. The average molecular weight is 134 g/mol. The van der Waals surface area contributed by atoms with Crippen LogP contribution in [0.25, 0.3) is 0 Å². The Morgan fingerprint density at radius 1 is 1.44 bits per heavy atom. The van der Waals surface area contributed by atoms with Crippen molar-refractivity contribution in [2.75, 3.05) is 0 Å². The van der Waals surface area contributed by atoms with Gasteiger partial charge in [-0.3, -0.25) is 4.74 Å². The van der Waals surface area contributed by atoms with Gasteiger partial charge in [0.1, 0.15) is 0 Å². The maximum Gasteiger partial charge on any atom is 0.409 e. The second kappa shape index (κ2) is 0.971. The van der Waals surface area contributed by atoms with Gasteiger partial charge in [-0.25, -0.2) is 4.79 Å². The van der Waals surface area contributed by atoms with Crippen molar-refractivity contribution in [3.63, 3.8) is 0 Å². The maximum atomic E-state index is 10.0. The van der Waals surface area contributed by atoms with Gasteiger partial charge in [-0.2, -0.15) is 9.78 Å². The quantitative estimate of drug-likeness (QED) is 0.331. The van der Waals surface area contributed by atoms with E-state index in [-0.39, 0.29) is 0 Å². The van der Waals surface area contributed by atoms with E-state index in [0.717, 1.165) is 0 Å². The summed E-state index contributed by atoms with van der Waals surface area (Å²) in [7, 11) is 0. The molecule has 2 heterocycles. The number of hydrogen-bond acceptors (Lipinski definition) is 5. The minimum atomic E-state index is -2.27. The van der Waals surface area contributed by atoms with Gasteiger partial charge in [0.25, 0.3) is 0 Å². The minimum absolute atomic E-state index is 1.51. The molecular weight excluding hydrogens is 132 g/mol. The molecule has 6 nitrogen and oxygen atoms in total. The van der Waals surface area contributed by atoms with Crippen molar-refractivity contribution in [3.05, 3.63) is 0 Å².